The quantitative estimate of drug-likeness (QED) is 0.125. The molecule has 0 saturated carbocycles. The Morgan fingerprint density at radius 2 is 0.791 bits per heavy atom. The molecule has 4 aromatic rings. The number of hydrogen-bond donors (Lipinski definition) is 0. The van der Waals surface area contributed by atoms with Crippen LogP contribution >= 0.6 is 0 Å². The zero-order valence-electron chi connectivity index (χ0n) is 25.4. The molecular weight excluding hydrogens is 556 g/mol. The van der Waals surface area contributed by atoms with E-state index in [0.29, 0.717) is 13.2 Å². The van der Waals surface area contributed by atoms with Gasteiger partial charge in [-0.15, -0.1) is 0 Å². The van der Waals surface area contributed by atoms with Gasteiger partial charge in [-0.2, -0.15) is 0 Å². The van der Waals surface area contributed by atoms with Crippen molar-refractivity contribution in [1.82, 2.24) is 0 Å². The topological polar surface area (TPSA) is 62.0 Å². The lowest BCUT2D eigenvalue weighted by Crippen LogP contribution is -2.19. The van der Waals surface area contributed by atoms with Crippen molar-refractivity contribution in [3.8, 4) is 23.0 Å². The Balaban J connectivity index is 0.991. The zero-order valence-corrected chi connectivity index (χ0v) is 26.8. The fourth-order valence-electron chi connectivity index (χ4n) is 5.08. The first kappa shape index (κ1) is 29.3. The van der Waals surface area contributed by atoms with E-state index in [-0.39, 0.29) is 23.0 Å². The third-order valence-corrected chi connectivity index (χ3v) is 9.33. The minimum atomic E-state index is -1.25. The fraction of sp³-hybridized carbons (Fsp3) is 0.333. The summed E-state index contributed by atoms with van der Waals surface area (Å²) < 4.78 is 34.1. The van der Waals surface area contributed by atoms with Gasteiger partial charge in [-0.05, 0) is 70.8 Å². The molecule has 0 amide bonds. The van der Waals surface area contributed by atoms with Gasteiger partial charge in [0.15, 0.2) is 0 Å². The summed E-state index contributed by atoms with van der Waals surface area (Å²) in [6, 6.07) is 33.3. The summed E-state index contributed by atoms with van der Waals surface area (Å²) in [5, 5.41) is 0. The highest BCUT2D eigenvalue weighted by Crippen LogP contribution is 2.35. The van der Waals surface area contributed by atoms with Crippen LogP contribution in [0.1, 0.15) is 49.9 Å². The van der Waals surface area contributed by atoms with Crippen LogP contribution in [0.3, 0.4) is 0 Å². The molecule has 0 N–H and O–H groups in total. The minimum absolute atomic E-state index is 0.151. The molecule has 2 fully saturated rings. The van der Waals surface area contributed by atoms with Crippen molar-refractivity contribution in [3.05, 3.63) is 119 Å². The molecule has 0 spiro atoms. The lowest BCUT2D eigenvalue weighted by molar-refractivity contribution is 0.263. The number of benzene rings is 4. The Morgan fingerprint density at radius 3 is 1.07 bits per heavy atom. The Kier molecular flexibility index (Phi) is 8.48. The normalized spacial score (nSPS) is 18.0. The van der Waals surface area contributed by atoms with Crippen LogP contribution in [0.25, 0.3) is 0 Å². The largest absolute Gasteiger partial charge is 0.516 e. The number of epoxide rings is 2. The second-order valence-electron chi connectivity index (χ2n) is 12.3. The summed E-state index contributed by atoms with van der Waals surface area (Å²) in [7, 11) is -1.25. The Bertz CT molecular complexity index is 1360. The van der Waals surface area contributed by atoms with Gasteiger partial charge in [0.1, 0.15) is 48.4 Å². The Morgan fingerprint density at radius 1 is 0.512 bits per heavy atom. The molecule has 2 aliphatic heterocycles. The third kappa shape index (κ3) is 7.42. The number of rotatable bonds is 14. The van der Waals surface area contributed by atoms with E-state index in [4.69, 9.17) is 27.8 Å². The molecule has 0 bridgehead atoms. The van der Waals surface area contributed by atoms with E-state index in [1.165, 1.54) is 22.3 Å². The highest BCUT2D eigenvalue weighted by atomic mass is 28.3. The molecule has 43 heavy (non-hydrogen) atoms. The maximum Gasteiger partial charge on any atom is 0.427 e. The minimum Gasteiger partial charge on any atom is -0.516 e. The predicted octanol–water partition coefficient (Wildman–Crippen LogP) is 6.35. The number of ether oxygens (including phenoxy) is 4. The summed E-state index contributed by atoms with van der Waals surface area (Å²) in [6.07, 6.45) is 0.512. The van der Waals surface area contributed by atoms with Gasteiger partial charge in [-0.25, -0.2) is 0 Å². The molecule has 6 nitrogen and oxygen atoms in total. The molecule has 0 aliphatic carbocycles. The Labute approximate surface area is 256 Å². The van der Waals surface area contributed by atoms with Crippen LogP contribution in [0.2, 0.25) is 0 Å². The van der Waals surface area contributed by atoms with E-state index in [2.05, 4.69) is 76.2 Å². The van der Waals surface area contributed by atoms with Crippen LogP contribution in [-0.4, -0.2) is 48.6 Å². The smallest absolute Gasteiger partial charge is 0.427 e. The van der Waals surface area contributed by atoms with E-state index < -0.39 is 10.0 Å². The van der Waals surface area contributed by atoms with Crippen molar-refractivity contribution in [3.63, 3.8) is 0 Å². The standard InChI is InChI=1S/C36H40O6Si/c1-35(2,25-5-13-29(14-6-25)37-21-33-23-39-33)27-9-17-31(18-10-27)41-43-42-32-19-11-28(12-20-32)36(3,4)26-7-15-30(16-8-26)38-22-34-24-40-34/h5-20,33-34H,21-24,43H2,1-4H3. The molecule has 2 saturated heterocycles. The lowest BCUT2D eigenvalue weighted by Gasteiger charge is -2.27. The molecule has 0 aromatic heterocycles. The molecule has 6 rings (SSSR count). The maximum atomic E-state index is 6.04. The molecular formula is C36H40O6Si. The first-order chi connectivity index (χ1) is 20.8. The number of hydrogen-bond acceptors (Lipinski definition) is 6. The molecule has 224 valence electrons. The SMILES string of the molecule is CC(C)(c1ccc(OCC2CO2)cc1)c1ccc(O[SiH2]Oc2ccc(C(C)(C)c3ccc(OCC4CO4)cc3)cc2)cc1. The molecule has 2 heterocycles. The van der Waals surface area contributed by atoms with Crippen LogP contribution in [0.15, 0.2) is 97.1 Å². The Hall–Kier alpha value is -3.78. The van der Waals surface area contributed by atoms with Crippen LogP contribution in [0.4, 0.5) is 0 Å². The van der Waals surface area contributed by atoms with Gasteiger partial charge in [-0.1, -0.05) is 76.2 Å². The molecule has 2 atom stereocenters. The van der Waals surface area contributed by atoms with E-state index in [1.807, 2.05) is 48.5 Å². The summed E-state index contributed by atoms with van der Waals surface area (Å²) >= 11 is 0. The van der Waals surface area contributed by atoms with Crippen molar-refractivity contribution in [1.29, 1.82) is 0 Å². The van der Waals surface area contributed by atoms with E-state index >= 15 is 0 Å². The highest BCUT2D eigenvalue weighted by Gasteiger charge is 2.26. The third-order valence-electron chi connectivity index (χ3n) is 8.43. The molecule has 0 radical (unpaired) electrons. The predicted molar refractivity (Wildman–Crippen MR) is 170 cm³/mol. The first-order valence-corrected chi connectivity index (χ1v) is 16.1. The molecule has 7 heteroatoms. The highest BCUT2D eigenvalue weighted by molar-refractivity contribution is 6.20. The van der Waals surface area contributed by atoms with Crippen molar-refractivity contribution < 1.29 is 27.8 Å². The maximum absolute atomic E-state index is 6.04. The second-order valence-corrected chi connectivity index (χ2v) is 13.1. The van der Waals surface area contributed by atoms with Crippen molar-refractivity contribution >= 4 is 10.0 Å². The average molecular weight is 597 g/mol. The molecule has 2 aliphatic rings. The van der Waals surface area contributed by atoms with E-state index in [1.54, 1.807) is 0 Å². The molecule has 4 aromatic carbocycles. The van der Waals surface area contributed by atoms with Gasteiger partial charge in [0, 0.05) is 10.8 Å². The average Bonchev–Trinajstić information content (AvgIpc) is 3.96. The van der Waals surface area contributed by atoms with Gasteiger partial charge in [0.25, 0.3) is 0 Å². The fourth-order valence-corrected chi connectivity index (χ4v) is 5.79. The summed E-state index contributed by atoms with van der Waals surface area (Å²) in [5.41, 5.74) is 4.59. The van der Waals surface area contributed by atoms with Crippen molar-refractivity contribution in [2.75, 3.05) is 26.4 Å². The first-order valence-electron chi connectivity index (χ1n) is 14.9. The summed E-state index contributed by atoms with van der Waals surface area (Å²) in [5.74, 6) is 3.40. The van der Waals surface area contributed by atoms with Gasteiger partial charge in [0.05, 0.1) is 13.2 Å². The summed E-state index contributed by atoms with van der Waals surface area (Å²) in [6.45, 7) is 11.8. The van der Waals surface area contributed by atoms with Crippen LogP contribution in [0, 0.1) is 0 Å². The van der Waals surface area contributed by atoms with Crippen LogP contribution in [-0.2, 0) is 20.3 Å². The van der Waals surface area contributed by atoms with Crippen molar-refractivity contribution in [2.24, 2.45) is 0 Å². The van der Waals surface area contributed by atoms with Crippen LogP contribution in [0.5, 0.6) is 23.0 Å². The summed E-state index contributed by atoms with van der Waals surface area (Å²) in [4.78, 5) is 0. The van der Waals surface area contributed by atoms with Crippen LogP contribution < -0.4 is 18.3 Å². The van der Waals surface area contributed by atoms with Gasteiger partial charge < -0.3 is 27.8 Å². The van der Waals surface area contributed by atoms with E-state index in [0.717, 1.165) is 36.2 Å². The second kappa shape index (κ2) is 12.4. The monoisotopic (exact) mass is 596 g/mol. The molecule has 2 unspecified atom stereocenters. The van der Waals surface area contributed by atoms with Gasteiger partial charge in [-0.3, -0.25) is 0 Å². The van der Waals surface area contributed by atoms with Gasteiger partial charge in [0.2, 0.25) is 0 Å². The van der Waals surface area contributed by atoms with Gasteiger partial charge >= 0.3 is 10.0 Å². The zero-order chi connectivity index (χ0) is 29.9. The van der Waals surface area contributed by atoms with Crippen molar-refractivity contribution in [2.45, 2.75) is 50.7 Å². The van der Waals surface area contributed by atoms with E-state index in [9.17, 15) is 0 Å². The lowest BCUT2D eigenvalue weighted by atomic mass is 9.78.